The molecule has 0 spiro atoms. The van der Waals surface area contributed by atoms with Crippen molar-refractivity contribution in [3.05, 3.63) is 75.7 Å². The van der Waals surface area contributed by atoms with E-state index in [9.17, 15) is 14.9 Å². The lowest BCUT2D eigenvalue weighted by Crippen LogP contribution is -2.23. The molecule has 8 heteroatoms. The number of carbonyl (C=O) groups excluding carboxylic acids is 1. The molecule has 0 saturated heterocycles. The topological polar surface area (TPSA) is 103 Å². The minimum absolute atomic E-state index is 0.00356. The molecule has 0 atom stereocenters. The highest BCUT2D eigenvalue weighted by atomic mass is 16.6. The Morgan fingerprint density at radius 2 is 1.93 bits per heavy atom. The van der Waals surface area contributed by atoms with Crippen molar-refractivity contribution in [1.82, 2.24) is 20.1 Å². The number of nitro benzene ring substituents is 1. The monoisotopic (exact) mass is 405 g/mol. The van der Waals surface area contributed by atoms with Crippen molar-refractivity contribution in [2.75, 3.05) is 0 Å². The van der Waals surface area contributed by atoms with Crippen molar-refractivity contribution >= 4 is 11.6 Å². The molecule has 2 aromatic heterocycles. The molecular formula is C22H23N5O3. The molecule has 1 fully saturated rings. The molecule has 0 unspecified atom stereocenters. The highest BCUT2D eigenvalue weighted by molar-refractivity contribution is 5.94. The van der Waals surface area contributed by atoms with Gasteiger partial charge in [-0.05, 0) is 50.1 Å². The van der Waals surface area contributed by atoms with Crippen LogP contribution in [0.25, 0.3) is 11.3 Å². The minimum Gasteiger partial charge on any atom is -0.346 e. The molecule has 2 heterocycles. The van der Waals surface area contributed by atoms with E-state index in [0.717, 1.165) is 29.8 Å². The van der Waals surface area contributed by atoms with Crippen LogP contribution in [0.4, 0.5) is 5.69 Å². The molecule has 1 amide bonds. The van der Waals surface area contributed by atoms with Gasteiger partial charge in [-0.25, -0.2) is 0 Å². The summed E-state index contributed by atoms with van der Waals surface area (Å²) in [4.78, 5) is 27.2. The number of nitrogens with zero attached hydrogens (tertiary/aromatic N) is 4. The molecule has 0 aliphatic heterocycles. The number of aryl methyl sites for hydroxylation is 1. The van der Waals surface area contributed by atoms with Crippen LogP contribution in [0.3, 0.4) is 0 Å². The molecule has 8 nitrogen and oxygen atoms in total. The van der Waals surface area contributed by atoms with Crippen molar-refractivity contribution in [3.8, 4) is 11.3 Å². The number of nitrogens with one attached hydrogen (secondary N) is 1. The molecule has 1 aliphatic carbocycles. The van der Waals surface area contributed by atoms with Gasteiger partial charge < -0.3 is 5.32 Å². The lowest BCUT2D eigenvalue weighted by molar-refractivity contribution is -0.385. The van der Waals surface area contributed by atoms with E-state index in [1.807, 2.05) is 18.2 Å². The Kier molecular flexibility index (Phi) is 5.56. The number of carbonyl (C=O) groups is 1. The van der Waals surface area contributed by atoms with Crippen LogP contribution in [0.15, 0.2) is 48.8 Å². The maximum atomic E-state index is 12.5. The van der Waals surface area contributed by atoms with Crippen LogP contribution in [-0.2, 0) is 6.54 Å². The maximum Gasteiger partial charge on any atom is 0.272 e. The average molecular weight is 405 g/mol. The van der Waals surface area contributed by atoms with Crippen molar-refractivity contribution in [2.24, 2.45) is 0 Å². The van der Waals surface area contributed by atoms with Gasteiger partial charge >= 0.3 is 0 Å². The van der Waals surface area contributed by atoms with Crippen molar-refractivity contribution in [1.29, 1.82) is 0 Å². The van der Waals surface area contributed by atoms with Crippen LogP contribution in [0.2, 0.25) is 0 Å². The van der Waals surface area contributed by atoms with Gasteiger partial charge in [-0.1, -0.05) is 12.8 Å². The third-order valence-electron chi connectivity index (χ3n) is 5.52. The number of hydrogen-bond acceptors (Lipinski definition) is 5. The maximum absolute atomic E-state index is 12.5. The van der Waals surface area contributed by atoms with Crippen LogP contribution < -0.4 is 5.32 Å². The predicted molar refractivity (Wildman–Crippen MR) is 112 cm³/mol. The summed E-state index contributed by atoms with van der Waals surface area (Å²) in [6.45, 7) is 1.91. The van der Waals surface area contributed by atoms with Gasteiger partial charge in [-0.2, -0.15) is 5.10 Å². The van der Waals surface area contributed by atoms with E-state index < -0.39 is 4.92 Å². The number of rotatable bonds is 6. The summed E-state index contributed by atoms with van der Waals surface area (Å²) in [6.07, 6.45) is 8.14. The summed E-state index contributed by atoms with van der Waals surface area (Å²) < 4.78 is 2.08. The Labute approximate surface area is 174 Å². The molecule has 1 saturated carbocycles. The molecule has 3 aromatic rings. The molecule has 1 aliphatic rings. The minimum atomic E-state index is -0.451. The first-order valence-electron chi connectivity index (χ1n) is 10.0. The van der Waals surface area contributed by atoms with Gasteiger partial charge in [0.25, 0.3) is 11.6 Å². The Balaban J connectivity index is 1.53. The van der Waals surface area contributed by atoms with Gasteiger partial charge in [0.1, 0.15) is 0 Å². The fraction of sp³-hybridized carbons (Fsp3) is 0.318. The zero-order valence-electron chi connectivity index (χ0n) is 16.7. The summed E-state index contributed by atoms with van der Waals surface area (Å²) in [7, 11) is 0. The first-order chi connectivity index (χ1) is 14.5. The van der Waals surface area contributed by atoms with Crippen LogP contribution in [-0.4, -0.2) is 25.6 Å². The standard InChI is InChI=1S/C22H23N5O3/c1-15-12-17(6-7-20(15)27(29)30)22(28)24-14-18-13-21(16-8-10-23-11-9-16)26(25-18)19-4-2-3-5-19/h6-13,19H,2-5,14H2,1H3,(H,24,28). The largest absolute Gasteiger partial charge is 0.346 e. The Bertz CT molecular complexity index is 1070. The van der Waals surface area contributed by atoms with Gasteiger partial charge in [0, 0.05) is 35.2 Å². The van der Waals surface area contributed by atoms with Crippen LogP contribution >= 0.6 is 0 Å². The summed E-state index contributed by atoms with van der Waals surface area (Å²) in [6, 6.07) is 10.7. The zero-order valence-corrected chi connectivity index (χ0v) is 16.7. The molecule has 154 valence electrons. The van der Waals surface area contributed by atoms with Crippen molar-refractivity contribution in [3.63, 3.8) is 0 Å². The van der Waals surface area contributed by atoms with E-state index >= 15 is 0 Å². The third-order valence-corrected chi connectivity index (χ3v) is 5.52. The lowest BCUT2D eigenvalue weighted by atomic mass is 10.1. The average Bonchev–Trinajstić information content (AvgIpc) is 3.42. The second-order valence-electron chi connectivity index (χ2n) is 7.58. The number of hydrogen-bond donors (Lipinski definition) is 1. The van der Waals surface area contributed by atoms with E-state index in [4.69, 9.17) is 5.10 Å². The second-order valence-corrected chi connectivity index (χ2v) is 7.58. The number of pyridine rings is 1. The summed E-state index contributed by atoms with van der Waals surface area (Å²) >= 11 is 0. The highest BCUT2D eigenvalue weighted by Gasteiger charge is 2.22. The fourth-order valence-electron chi connectivity index (χ4n) is 3.97. The van der Waals surface area contributed by atoms with Crippen LogP contribution in [0, 0.1) is 17.0 Å². The van der Waals surface area contributed by atoms with Crippen molar-refractivity contribution in [2.45, 2.75) is 45.2 Å². The van der Waals surface area contributed by atoms with E-state index in [-0.39, 0.29) is 18.1 Å². The van der Waals surface area contributed by atoms with E-state index in [0.29, 0.717) is 17.2 Å². The van der Waals surface area contributed by atoms with Gasteiger partial charge in [-0.3, -0.25) is 24.6 Å². The Morgan fingerprint density at radius 1 is 1.20 bits per heavy atom. The normalized spacial score (nSPS) is 14.0. The first kappa shape index (κ1) is 19.8. The van der Waals surface area contributed by atoms with E-state index in [1.165, 1.54) is 31.0 Å². The Hall–Kier alpha value is -3.55. The molecule has 0 bridgehead atoms. The molecule has 1 aromatic carbocycles. The smallest absolute Gasteiger partial charge is 0.272 e. The first-order valence-corrected chi connectivity index (χ1v) is 10.0. The summed E-state index contributed by atoms with van der Waals surface area (Å²) in [5.74, 6) is -0.283. The predicted octanol–water partition coefficient (Wildman–Crippen LogP) is 4.21. The quantitative estimate of drug-likeness (QED) is 0.489. The number of nitro groups is 1. The number of benzene rings is 1. The molecular weight excluding hydrogens is 382 g/mol. The molecule has 4 rings (SSSR count). The van der Waals surface area contributed by atoms with Crippen molar-refractivity contribution < 1.29 is 9.72 Å². The highest BCUT2D eigenvalue weighted by Crippen LogP contribution is 2.33. The van der Waals surface area contributed by atoms with Crippen LogP contribution in [0.5, 0.6) is 0 Å². The van der Waals surface area contributed by atoms with E-state index in [1.54, 1.807) is 19.3 Å². The van der Waals surface area contributed by atoms with Gasteiger partial charge in [0.2, 0.25) is 0 Å². The SMILES string of the molecule is Cc1cc(C(=O)NCc2cc(-c3ccncc3)n(C3CCCC3)n2)ccc1[N+](=O)[O-]. The lowest BCUT2D eigenvalue weighted by Gasteiger charge is -2.14. The summed E-state index contributed by atoms with van der Waals surface area (Å²) in [5.41, 5.74) is 3.71. The zero-order chi connectivity index (χ0) is 21.1. The number of aromatic nitrogens is 3. The molecule has 0 radical (unpaired) electrons. The van der Waals surface area contributed by atoms with Gasteiger partial charge in [0.15, 0.2) is 0 Å². The Morgan fingerprint density at radius 3 is 2.60 bits per heavy atom. The third kappa shape index (κ3) is 4.07. The number of amides is 1. The second kappa shape index (κ2) is 8.44. The fourth-order valence-corrected chi connectivity index (χ4v) is 3.97. The van der Waals surface area contributed by atoms with Crippen LogP contribution in [0.1, 0.15) is 53.3 Å². The van der Waals surface area contributed by atoms with Gasteiger partial charge in [0.05, 0.1) is 28.9 Å². The molecule has 30 heavy (non-hydrogen) atoms. The van der Waals surface area contributed by atoms with Gasteiger partial charge in [-0.15, -0.1) is 0 Å². The summed E-state index contributed by atoms with van der Waals surface area (Å²) in [5, 5.41) is 18.6. The molecule has 1 N–H and O–H groups in total. The van der Waals surface area contributed by atoms with E-state index in [2.05, 4.69) is 15.0 Å².